The van der Waals surface area contributed by atoms with Gasteiger partial charge in [-0.2, -0.15) is 0 Å². The summed E-state index contributed by atoms with van der Waals surface area (Å²) in [6.07, 6.45) is 9.48. The Morgan fingerprint density at radius 1 is 0.406 bits per heavy atom. The Balaban J connectivity index is 1.22. The van der Waals surface area contributed by atoms with E-state index in [9.17, 15) is 0 Å². The van der Waals surface area contributed by atoms with E-state index in [1.807, 2.05) is 0 Å². The van der Waals surface area contributed by atoms with Gasteiger partial charge in [0.15, 0.2) is 0 Å². The summed E-state index contributed by atoms with van der Waals surface area (Å²) in [4.78, 5) is 5.35. The van der Waals surface area contributed by atoms with Gasteiger partial charge in [0.25, 0.3) is 6.71 Å². The van der Waals surface area contributed by atoms with Gasteiger partial charge in [-0.1, -0.05) is 141 Å². The Kier molecular flexibility index (Phi) is 9.46. The van der Waals surface area contributed by atoms with E-state index in [2.05, 4.69) is 205 Å². The number of hydrogen-bond acceptors (Lipinski definition) is 3. The fourth-order valence-corrected chi connectivity index (χ4v) is 16.1. The van der Waals surface area contributed by atoms with Gasteiger partial charge < -0.3 is 9.80 Å². The van der Waals surface area contributed by atoms with Crippen LogP contribution in [0.15, 0.2) is 72.8 Å². The molecule has 0 bridgehead atoms. The minimum atomic E-state index is 0.0346. The maximum Gasteiger partial charge on any atom is 0.264 e. The molecule has 6 aliphatic rings. The first-order chi connectivity index (χ1) is 32.0. The molecule has 12 rings (SSSR count). The summed E-state index contributed by atoms with van der Waals surface area (Å²) in [7, 11) is 0. The topological polar surface area (TPSA) is 6.48 Å². The van der Waals surface area contributed by atoms with Crippen molar-refractivity contribution in [3.8, 4) is 0 Å². The SMILES string of the molecule is CC1(C)CCC(C)(C)c2cc(N3c4cc5c(cc4B4c6sc7cc8c(cc7c6N(c6ccc7c(c6)C(C)(C)CCC7(C)C)c6cc(Cl)cc3c64)C(C)(C)CCC8(C)C)C(C)(C)CCC5(C)C)ccc21. The maximum absolute atomic E-state index is 7.69. The average Bonchev–Trinajstić information content (AvgIpc) is 3.64. The Morgan fingerprint density at radius 2 is 0.783 bits per heavy atom. The quantitative estimate of drug-likeness (QED) is 0.159. The van der Waals surface area contributed by atoms with Crippen LogP contribution in [0.2, 0.25) is 5.02 Å². The van der Waals surface area contributed by atoms with E-state index in [1.165, 1.54) is 156 Å². The smallest absolute Gasteiger partial charge is 0.264 e. The average molecular weight is 952 g/mol. The van der Waals surface area contributed by atoms with Crippen molar-refractivity contribution in [2.24, 2.45) is 0 Å². The number of nitrogens with zero attached hydrogens (tertiary/aromatic N) is 2. The summed E-state index contributed by atoms with van der Waals surface area (Å²) < 4.78 is 2.86. The lowest BCUT2D eigenvalue weighted by atomic mass is 9.35. The summed E-state index contributed by atoms with van der Waals surface area (Å²) in [5, 5.41) is 2.16. The zero-order chi connectivity index (χ0) is 49.1. The van der Waals surface area contributed by atoms with E-state index in [0.29, 0.717) is 0 Å². The van der Waals surface area contributed by atoms with Gasteiger partial charge in [0.05, 0.1) is 5.69 Å². The van der Waals surface area contributed by atoms with Crippen molar-refractivity contribution in [2.75, 3.05) is 9.80 Å². The number of hydrogen-bond donors (Lipinski definition) is 0. The van der Waals surface area contributed by atoms with Crippen LogP contribution in [0, 0.1) is 0 Å². The first-order valence-corrected chi connectivity index (χ1v) is 27.8. The Labute approximate surface area is 424 Å². The van der Waals surface area contributed by atoms with Gasteiger partial charge in [-0.3, -0.25) is 0 Å². The molecule has 0 amide bonds. The summed E-state index contributed by atoms with van der Waals surface area (Å²) in [5.74, 6) is 0. The normalized spacial score (nSPS) is 22.9. The van der Waals surface area contributed by atoms with Crippen LogP contribution >= 0.6 is 22.9 Å². The molecule has 0 atom stereocenters. The van der Waals surface area contributed by atoms with Gasteiger partial charge in [0.1, 0.15) is 0 Å². The molecule has 3 heterocycles. The molecule has 0 spiro atoms. The van der Waals surface area contributed by atoms with Crippen molar-refractivity contribution in [2.45, 2.75) is 205 Å². The molecule has 0 saturated heterocycles. The maximum atomic E-state index is 7.69. The molecule has 6 aromatic rings. The lowest BCUT2D eigenvalue weighted by molar-refractivity contribution is 0.332. The summed E-state index contributed by atoms with van der Waals surface area (Å²) in [5.41, 5.74) is 23.1. The largest absolute Gasteiger partial charge is 0.311 e. The van der Waals surface area contributed by atoms with Crippen LogP contribution in [0.5, 0.6) is 0 Å². The number of rotatable bonds is 2. The number of anilines is 6. The number of halogens is 1. The molecule has 2 nitrogen and oxygen atoms in total. The molecule has 4 aliphatic carbocycles. The molecule has 2 aliphatic heterocycles. The van der Waals surface area contributed by atoms with Crippen molar-refractivity contribution in [3.63, 3.8) is 0 Å². The van der Waals surface area contributed by atoms with Gasteiger partial charge in [-0.15, -0.1) is 11.3 Å². The van der Waals surface area contributed by atoms with E-state index in [-0.39, 0.29) is 50.0 Å². The Hall–Kier alpha value is -3.99. The molecule has 358 valence electrons. The van der Waals surface area contributed by atoms with Gasteiger partial charge in [0.2, 0.25) is 0 Å². The third kappa shape index (κ3) is 6.54. The van der Waals surface area contributed by atoms with E-state index < -0.39 is 0 Å². The highest BCUT2D eigenvalue weighted by Crippen LogP contribution is 2.57. The molecule has 0 saturated carbocycles. The zero-order valence-electron chi connectivity index (χ0n) is 44.8. The number of thiophene rings is 1. The molecule has 0 fully saturated rings. The predicted molar refractivity (Wildman–Crippen MR) is 302 cm³/mol. The molecule has 0 N–H and O–H groups in total. The first-order valence-electron chi connectivity index (χ1n) is 26.6. The highest BCUT2D eigenvalue weighted by Gasteiger charge is 2.50. The third-order valence-electron chi connectivity index (χ3n) is 19.8. The van der Waals surface area contributed by atoms with Crippen LogP contribution < -0.4 is 25.5 Å². The van der Waals surface area contributed by atoms with Gasteiger partial charge in [0, 0.05) is 48.3 Å². The first kappa shape index (κ1) is 46.1. The minimum absolute atomic E-state index is 0.0346. The van der Waals surface area contributed by atoms with Gasteiger partial charge >= 0.3 is 0 Å². The zero-order valence-corrected chi connectivity index (χ0v) is 46.4. The lowest BCUT2D eigenvalue weighted by Crippen LogP contribution is -2.61. The second kappa shape index (κ2) is 14.2. The molecular weight excluding hydrogens is 875 g/mol. The van der Waals surface area contributed by atoms with E-state index in [0.717, 1.165) is 5.02 Å². The Morgan fingerprint density at radius 3 is 1.26 bits per heavy atom. The lowest BCUT2D eigenvalue weighted by Gasteiger charge is -2.47. The van der Waals surface area contributed by atoms with Crippen LogP contribution in [0.1, 0.15) is 207 Å². The van der Waals surface area contributed by atoms with Crippen molar-refractivity contribution in [3.05, 3.63) is 122 Å². The second-order valence-corrected chi connectivity index (χ2v) is 29.7. The van der Waals surface area contributed by atoms with Gasteiger partial charge in [-0.25, -0.2) is 0 Å². The molecule has 1 aromatic heterocycles. The highest BCUT2D eigenvalue weighted by molar-refractivity contribution is 7.33. The molecule has 69 heavy (non-hydrogen) atoms. The van der Waals surface area contributed by atoms with E-state index in [1.54, 1.807) is 0 Å². The molecule has 5 heteroatoms. The van der Waals surface area contributed by atoms with Crippen LogP contribution in [-0.2, 0) is 43.3 Å². The van der Waals surface area contributed by atoms with Crippen LogP contribution in [0.4, 0.5) is 34.1 Å². The summed E-state index contributed by atoms with van der Waals surface area (Å²) in [6.45, 7) is 39.6. The van der Waals surface area contributed by atoms with Crippen LogP contribution in [0.25, 0.3) is 10.1 Å². The monoisotopic (exact) mass is 951 g/mol. The summed E-state index contributed by atoms with van der Waals surface area (Å²) >= 11 is 9.76. The summed E-state index contributed by atoms with van der Waals surface area (Å²) in [6, 6.07) is 30.3. The van der Waals surface area contributed by atoms with Crippen molar-refractivity contribution < 1.29 is 0 Å². The van der Waals surface area contributed by atoms with Crippen molar-refractivity contribution >= 4 is 89.6 Å². The molecular formula is C64H76BClN2S. The number of fused-ring (bicyclic) bond motifs is 10. The van der Waals surface area contributed by atoms with Crippen LogP contribution in [-0.4, -0.2) is 6.71 Å². The highest BCUT2D eigenvalue weighted by atomic mass is 35.5. The molecule has 5 aromatic carbocycles. The van der Waals surface area contributed by atoms with Crippen LogP contribution in [0.3, 0.4) is 0 Å². The Bertz CT molecular complexity index is 3220. The van der Waals surface area contributed by atoms with Crippen molar-refractivity contribution in [1.82, 2.24) is 0 Å². The standard InChI is InChI=1S/C64H76BClN2S/c1-57(2)21-23-59(5,6)43-31-38(17-19-41(43)57)67-50-35-47-46(62(11,12)26-27-63(47,13)14)34-49(50)65-54-51(67)29-37(66)30-52(54)68(39-18-20-42-44(32-39)60(7,8)24-22-58(42,3)4)55-40-33-45-48(36-53(40)69-56(55)65)64(15,16)28-25-61(45,9)10/h17-20,29-36H,21-28H2,1-16H3. The fraction of sp³-hybridized carbons (Fsp3) is 0.500. The predicted octanol–water partition coefficient (Wildman–Crippen LogP) is 17.0. The second-order valence-electron chi connectivity index (χ2n) is 28.2. The molecule has 0 unspecified atom stereocenters. The minimum Gasteiger partial charge on any atom is -0.311 e. The van der Waals surface area contributed by atoms with Gasteiger partial charge in [-0.05, 0) is 205 Å². The molecule has 0 radical (unpaired) electrons. The van der Waals surface area contributed by atoms with Crippen molar-refractivity contribution in [1.29, 1.82) is 0 Å². The number of benzene rings is 5. The fourth-order valence-electron chi connectivity index (χ4n) is 14.5. The van der Waals surface area contributed by atoms with E-state index >= 15 is 0 Å². The third-order valence-corrected chi connectivity index (χ3v) is 21.2. The van der Waals surface area contributed by atoms with E-state index in [4.69, 9.17) is 11.6 Å².